The average molecular weight is 267 g/mol. The third-order valence-electron chi connectivity index (χ3n) is 3.11. The summed E-state index contributed by atoms with van der Waals surface area (Å²) in [6.07, 6.45) is 1.32. The quantitative estimate of drug-likeness (QED) is 0.751. The van der Waals surface area contributed by atoms with Gasteiger partial charge in [0.15, 0.2) is 0 Å². The average Bonchev–Trinajstić information content (AvgIpc) is 2.30. The molecule has 0 radical (unpaired) electrons. The van der Waals surface area contributed by atoms with Crippen molar-refractivity contribution < 1.29 is 9.53 Å². The van der Waals surface area contributed by atoms with E-state index in [2.05, 4.69) is 0 Å². The zero-order valence-corrected chi connectivity index (χ0v) is 10.9. The molecule has 0 spiro atoms. The molecule has 2 heterocycles. The molecule has 94 valence electrons. The minimum Gasteiger partial charge on any atom is -0.381 e. The van der Waals surface area contributed by atoms with Crippen LogP contribution in [0.15, 0.2) is 0 Å². The van der Waals surface area contributed by atoms with Gasteiger partial charge in [-0.3, -0.25) is 4.79 Å². The number of nitrogens with two attached hydrogens (primary N) is 1. The van der Waals surface area contributed by atoms with E-state index in [1.807, 2.05) is 16.7 Å². The highest BCUT2D eigenvalue weighted by molar-refractivity contribution is 7.99. The van der Waals surface area contributed by atoms with E-state index in [0.29, 0.717) is 26.1 Å². The van der Waals surface area contributed by atoms with Gasteiger partial charge in [0.1, 0.15) is 0 Å². The number of carbonyl (C=O) groups is 1. The summed E-state index contributed by atoms with van der Waals surface area (Å²) < 4.78 is 5.25. The Morgan fingerprint density at radius 1 is 1.25 bits per heavy atom. The lowest BCUT2D eigenvalue weighted by Crippen LogP contribution is -2.59. The summed E-state index contributed by atoms with van der Waals surface area (Å²) in [5, 5.41) is 0. The summed E-state index contributed by atoms with van der Waals surface area (Å²) in [6, 6.07) is 0. The number of nitrogens with zero attached hydrogens (tertiary/aromatic N) is 1. The number of hydrogen-bond donors (Lipinski definition) is 1. The van der Waals surface area contributed by atoms with E-state index in [0.717, 1.165) is 24.6 Å². The van der Waals surface area contributed by atoms with Gasteiger partial charge in [-0.2, -0.15) is 11.8 Å². The Bertz CT molecular complexity index is 241. The van der Waals surface area contributed by atoms with Gasteiger partial charge in [-0.05, 0) is 12.8 Å². The van der Waals surface area contributed by atoms with Crippen LogP contribution in [0.3, 0.4) is 0 Å². The molecule has 0 aromatic heterocycles. The fourth-order valence-electron chi connectivity index (χ4n) is 2.03. The molecule has 0 aromatic rings. The summed E-state index contributed by atoms with van der Waals surface area (Å²) in [6.45, 7) is 2.93. The molecule has 2 fully saturated rings. The second-order valence-electron chi connectivity index (χ2n) is 4.17. The van der Waals surface area contributed by atoms with Crippen molar-refractivity contribution >= 4 is 30.1 Å². The van der Waals surface area contributed by atoms with Crippen molar-refractivity contribution in [2.45, 2.75) is 18.4 Å². The first-order valence-electron chi connectivity index (χ1n) is 5.46. The molecule has 0 bridgehead atoms. The van der Waals surface area contributed by atoms with E-state index in [1.54, 1.807) is 0 Å². The van der Waals surface area contributed by atoms with E-state index in [9.17, 15) is 4.79 Å². The maximum absolute atomic E-state index is 12.2. The highest BCUT2D eigenvalue weighted by Gasteiger charge is 2.39. The van der Waals surface area contributed by atoms with Crippen LogP contribution in [-0.2, 0) is 9.53 Å². The SMILES string of the molecule is Cl.NC1(C(=O)N2CCSCC2)CCOCC1. The van der Waals surface area contributed by atoms with E-state index in [-0.39, 0.29) is 18.3 Å². The fraction of sp³-hybridized carbons (Fsp3) is 0.900. The molecule has 1 amide bonds. The van der Waals surface area contributed by atoms with Crippen molar-refractivity contribution in [1.82, 2.24) is 4.90 Å². The standard InChI is InChI=1S/C10H18N2O2S.ClH/c11-10(1-5-14-6-2-10)9(13)12-3-7-15-8-4-12;/h1-8,11H2;1H. The van der Waals surface area contributed by atoms with Crippen LogP contribution in [0.4, 0.5) is 0 Å². The zero-order valence-electron chi connectivity index (χ0n) is 9.31. The van der Waals surface area contributed by atoms with Gasteiger partial charge >= 0.3 is 0 Å². The Labute approximate surface area is 107 Å². The number of thioether (sulfide) groups is 1. The van der Waals surface area contributed by atoms with Gasteiger partial charge in [-0.15, -0.1) is 12.4 Å². The third-order valence-corrected chi connectivity index (χ3v) is 4.05. The van der Waals surface area contributed by atoms with Gasteiger partial charge < -0.3 is 15.4 Å². The van der Waals surface area contributed by atoms with E-state index in [1.165, 1.54) is 0 Å². The van der Waals surface area contributed by atoms with E-state index < -0.39 is 5.54 Å². The van der Waals surface area contributed by atoms with Crippen molar-refractivity contribution in [1.29, 1.82) is 0 Å². The monoisotopic (exact) mass is 266 g/mol. The molecule has 0 saturated carbocycles. The number of ether oxygens (including phenoxy) is 1. The van der Waals surface area contributed by atoms with Crippen molar-refractivity contribution in [3.05, 3.63) is 0 Å². The van der Waals surface area contributed by atoms with Gasteiger partial charge in [0, 0.05) is 37.8 Å². The number of rotatable bonds is 1. The molecule has 2 N–H and O–H groups in total. The Kier molecular flexibility index (Phi) is 5.37. The van der Waals surface area contributed by atoms with Gasteiger partial charge in [-0.25, -0.2) is 0 Å². The Morgan fingerprint density at radius 3 is 2.38 bits per heavy atom. The second kappa shape index (κ2) is 6.10. The van der Waals surface area contributed by atoms with Crippen LogP contribution < -0.4 is 5.73 Å². The molecule has 0 aromatic carbocycles. The van der Waals surface area contributed by atoms with Crippen LogP contribution >= 0.6 is 24.2 Å². The predicted octanol–water partition coefficient (Wildman–Crippen LogP) is 0.491. The Balaban J connectivity index is 0.00000128. The molecule has 2 saturated heterocycles. The van der Waals surface area contributed by atoms with Gasteiger partial charge in [0.05, 0.1) is 5.54 Å². The van der Waals surface area contributed by atoms with Gasteiger partial charge in [0.2, 0.25) is 5.91 Å². The second-order valence-corrected chi connectivity index (χ2v) is 5.40. The highest BCUT2D eigenvalue weighted by atomic mass is 35.5. The lowest BCUT2D eigenvalue weighted by molar-refractivity contribution is -0.140. The topological polar surface area (TPSA) is 55.6 Å². The predicted molar refractivity (Wildman–Crippen MR) is 68.1 cm³/mol. The summed E-state index contributed by atoms with van der Waals surface area (Å²) >= 11 is 1.90. The van der Waals surface area contributed by atoms with Crippen LogP contribution in [0.5, 0.6) is 0 Å². The molecule has 2 rings (SSSR count). The molecule has 0 aliphatic carbocycles. The summed E-state index contributed by atoms with van der Waals surface area (Å²) in [5.74, 6) is 2.21. The lowest BCUT2D eigenvalue weighted by Gasteiger charge is -2.38. The number of hydrogen-bond acceptors (Lipinski definition) is 4. The lowest BCUT2D eigenvalue weighted by atomic mass is 9.89. The first-order chi connectivity index (χ1) is 7.22. The first-order valence-corrected chi connectivity index (χ1v) is 6.62. The molecule has 0 atom stereocenters. The molecule has 0 unspecified atom stereocenters. The van der Waals surface area contributed by atoms with Gasteiger partial charge in [-0.1, -0.05) is 0 Å². The van der Waals surface area contributed by atoms with Crippen LogP contribution in [0, 0.1) is 0 Å². The molecular weight excluding hydrogens is 248 g/mol. The van der Waals surface area contributed by atoms with Crippen molar-refractivity contribution in [3.8, 4) is 0 Å². The number of carbonyl (C=O) groups excluding carboxylic acids is 1. The van der Waals surface area contributed by atoms with E-state index >= 15 is 0 Å². The Hall–Kier alpha value is 0.0300. The Morgan fingerprint density at radius 2 is 1.81 bits per heavy atom. The minimum absolute atomic E-state index is 0. The molecule has 2 aliphatic rings. The fourth-order valence-corrected chi connectivity index (χ4v) is 2.93. The molecule has 16 heavy (non-hydrogen) atoms. The maximum atomic E-state index is 12.2. The summed E-state index contributed by atoms with van der Waals surface area (Å²) in [7, 11) is 0. The van der Waals surface area contributed by atoms with Crippen LogP contribution in [0.2, 0.25) is 0 Å². The van der Waals surface area contributed by atoms with E-state index in [4.69, 9.17) is 10.5 Å². The molecule has 6 heteroatoms. The van der Waals surface area contributed by atoms with Crippen LogP contribution in [0.1, 0.15) is 12.8 Å². The summed E-state index contributed by atoms with van der Waals surface area (Å²) in [5.41, 5.74) is 5.50. The van der Waals surface area contributed by atoms with Crippen molar-refractivity contribution in [2.24, 2.45) is 5.73 Å². The molecule has 4 nitrogen and oxygen atoms in total. The molecular formula is C10H19ClN2O2S. The number of amides is 1. The van der Waals surface area contributed by atoms with Gasteiger partial charge in [0.25, 0.3) is 0 Å². The third kappa shape index (κ3) is 3.03. The number of halogens is 1. The smallest absolute Gasteiger partial charge is 0.242 e. The van der Waals surface area contributed by atoms with Crippen LogP contribution in [-0.4, -0.2) is 54.2 Å². The minimum atomic E-state index is -0.653. The normalized spacial score (nSPS) is 24.7. The van der Waals surface area contributed by atoms with Crippen LogP contribution in [0.25, 0.3) is 0 Å². The highest BCUT2D eigenvalue weighted by Crippen LogP contribution is 2.22. The molecule has 2 aliphatic heterocycles. The first kappa shape index (κ1) is 14.1. The van der Waals surface area contributed by atoms with Crippen molar-refractivity contribution in [3.63, 3.8) is 0 Å². The summed E-state index contributed by atoms with van der Waals surface area (Å²) in [4.78, 5) is 14.1. The largest absolute Gasteiger partial charge is 0.381 e. The zero-order chi connectivity index (χ0) is 10.7. The maximum Gasteiger partial charge on any atom is 0.242 e. The van der Waals surface area contributed by atoms with Crippen molar-refractivity contribution in [2.75, 3.05) is 37.8 Å².